The van der Waals surface area contributed by atoms with Crippen LogP contribution in [-0.2, 0) is 5.60 Å². The largest absolute Gasteiger partial charge is 0.496 e. The summed E-state index contributed by atoms with van der Waals surface area (Å²) in [5.41, 5.74) is -0.219. The lowest BCUT2D eigenvalue weighted by Gasteiger charge is -2.27. The molecule has 0 aliphatic carbocycles. The number of nitrogens with zero attached hydrogens (tertiary/aromatic N) is 3. The number of non-ortho nitro benzene ring substituents is 1. The molecule has 130 valence electrons. The van der Waals surface area contributed by atoms with Crippen LogP contribution in [0.2, 0.25) is 0 Å². The fourth-order valence-corrected chi connectivity index (χ4v) is 3.92. The average Bonchev–Trinajstić information content (AvgIpc) is 3.05. The molecule has 7 nitrogen and oxygen atoms in total. The van der Waals surface area contributed by atoms with E-state index in [1.165, 1.54) is 30.6 Å². The van der Waals surface area contributed by atoms with E-state index in [9.17, 15) is 15.2 Å². The van der Waals surface area contributed by atoms with E-state index in [0.717, 1.165) is 0 Å². The smallest absolute Gasteiger partial charge is 0.270 e. The summed E-state index contributed by atoms with van der Waals surface area (Å²) in [5.74, 6) is 0.524. The van der Waals surface area contributed by atoms with Gasteiger partial charge in [-0.3, -0.25) is 15.1 Å². The molecule has 3 rings (SSSR count). The van der Waals surface area contributed by atoms with Crippen molar-refractivity contribution in [3.05, 3.63) is 57.3 Å². The van der Waals surface area contributed by atoms with Crippen LogP contribution in [0.5, 0.6) is 5.75 Å². The summed E-state index contributed by atoms with van der Waals surface area (Å²) in [6.45, 7) is 1.96. The van der Waals surface area contributed by atoms with Crippen LogP contribution in [0.4, 0.5) is 5.69 Å². The zero-order valence-electron chi connectivity index (χ0n) is 13.8. The van der Waals surface area contributed by atoms with Crippen LogP contribution in [-0.4, -0.2) is 27.1 Å². The first-order valence-corrected chi connectivity index (χ1v) is 8.57. The molecule has 8 heteroatoms. The number of pyridine rings is 1. The highest BCUT2D eigenvalue weighted by Gasteiger charge is 2.37. The summed E-state index contributed by atoms with van der Waals surface area (Å²) in [4.78, 5) is 19.2. The Morgan fingerprint density at radius 2 is 2.20 bits per heavy atom. The number of aromatic nitrogens is 2. The fraction of sp³-hybridized carbons (Fsp3) is 0.294. The van der Waals surface area contributed by atoms with Crippen LogP contribution in [0.1, 0.15) is 30.3 Å². The van der Waals surface area contributed by atoms with Crippen molar-refractivity contribution >= 4 is 27.2 Å². The summed E-state index contributed by atoms with van der Waals surface area (Å²) < 4.78 is 6.03. The maximum atomic E-state index is 11.4. The molecule has 3 aromatic rings. The number of hydrogen-bond acceptors (Lipinski definition) is 7. The monoisotopic (exact) mass is 359 g/mol. The second-order valence-electron chi connectivity index (χ2n) is 5.61. The lowest BCUT2D eigenvalue weighted by atomic mass is 9.90. The van der Waals surface area contributed by atoms with E-state index in [1.807, 2.05) is 6.92 Å². The Morgan fingerprint density at radius 1 is 1.40 bits per heavy atom. The zero-order chi connectivity index (χ0) is 18.0. The summed E-state index contributed by atoms with van der Waals surface area (Å²) in [7, 11) is 1.53. The molecule has 2 aromatic heterocycles. The van der Waals surface area contributed by atoms with Gasteiger partial charge in [-0.2, -0.15) is 0 Å². The van der Waals surface area contributed by atoms with E-state index >= 15 is 0 Å². The molecule has 2 heterocycles. The molecule has 0 radical (unpaired) electrons. The highest BCUT2D eigenvalue weighted by molar-refractivity contribution is 7.18. The van der Waals surface area contributed by atoms with Crippen molar-refractivity contribution in [2.24, 2.45) is 0 Å². The molecule has 1 atom stereocenters. The van der Waals surface area contributed by atoms with Crippen LogP contribution in [0, 0.1) is 10.1 Å². The Hall–Kier alpha value is -2.58. The third kappa shape index (κ3) is 3.06. The molecule has 0 fully saturated rings. The molecule has 1 unspecified atom stereocenters. The predicted molar refractivity (Wildman–Crippen MR) is 95.0 cm³/mol. The highest BCUT2D eigenvalue weighted by Crippen LogP contribution is 2.42. The van der Waals surface area contributed by atoms with E-state index in [2.05, 4.69) is 9.97 Å². The maximum Gasteiger partial charge on any atom is 0.270 e. The minimum Gasteiger partial charge on any atom is -0.496 e. The number of nitro groups is 1. The van der Waals surface area contributed by atoms with E-state index in [1.54, 1.807) is 24.5 Å². The second kappa shape index (κ2) is 6.73. The zero-order valence-corrected chi connectivity index (χ0v) is 14.6. The Labute approximate surface area is 148 Å². The van der Waals surface area contributed by atoms with Gasteiger partial charge in [0.05, 0.1) is 27.8 Å². The van der Waals surface area contributed by atoms with Crippen molar-refractivity contribution in [3.8, 4) is 5.75 Å². The number of benzene rings is 1. The van der Waals surface area contributed by atoms with Crippen molar-refractivity contribution in [3.63, 3.8) is 0 Å². The van der Waals surface area contributed by atoms with Crippen LogP contribution < -0.4 is 4.74 Å². The van der Waals surface area contributed by atoms with E-state index < -0.39 is 10.5 Å². The Bertz CT molecular complexity index is 927. The molecule has 0 bridgehead atoms. The van der Waals surface area contributed by atoms with Crippen molar-refractivity contribution < 1.29 is 14.8 Å². The Morgan fingerprint density at radius 3 is 2.88 bits per heavy atom. The SMILES string of the molecule is CCCC(O)(c1nc2ccc([N+](=O)[O-])cc2s1)c1cnccc1OC. The van der Waals surface area contributed by atoms with Gasteiger partial charge >= 0.3 is 0 Å². The van der Waals surface area contributed by atoms with Gasteiger partial charge in [0.1, 0.15) is 16.4 Å². The number of hydrogen-bond donors (Lipinski definition) is 1. The summed E-state index contributed by atoms with van der Waals surface area (Å²) >= 11 is 1.24. The standard InChI is InChI=1S/C17H17N3O4S/c1-3-7-17(21,12-10-18-8-6-14(12)24-2)16-19-13-5-4-11(20(22)23)9-15(13)25-16/h4-6,8-10,21H,3,7H2,1-2H3. The second-order valence-corrected chi connectivity index (χ2v) is 6.65. The van der Waals surface area contributed by atoms with E-state index in [4.69, 9.17) is 4.74 Å². The molecular formula is C17H17N3O4S. The number of rotatable bonds is 6. The molecular weight excluding hydrogens is 342 g/mol. The first-order chi connectivity index (χ1) is 12.0. The van der Waals surface area contributed by atoms with Crippen molar-refractivity contribution in [1.29, 1.82) is 0 Å². The number of methoxy groups -OCH3 is 1. The highest BCUT2D eigenvalue weighted by atomic mass is 32.1. The van der Waals surface area contributed by atoms with Gasteiger partial charge in [0.15, 0.2) is 0 Å². The van der Waals surface area contributed by atoms with Crippen LogP contribution in [0.15, 0.2) is 36.7 Å². The third-order valence-corrected chi connectivity index (χ3v) is 5.16. The van der Waals surface area contributed by atoms with Gasteiger partial charge in [0, 0.05) is 24.5 Å². The number of fused-ring (bicyclic) bond motifs is 1. The van der Waals surface area contributed by atoms with Gasteiger partial charge in [-0.05, 0) is 18.6 Å². The Balaban J connectivity index is 2.17. The number of ether oxygens (including phenoxy) is 1. The Kier molecular flexibility index (Phi) is 4.65. The summed E-state index contributed by atoms with van der Waals surface area (Å²) in [6.07, 6.45) is 4.31. The van der Waals surface area contributed by atoms with Gasteiger partial charge in [-0.15, -0.1) is 11.3 Å². The molecule has 1 aromatic carbocycles. The fourth-order valence-electron chi connectivity index (χ4n) is 2.79. The lowest BCUT2D eigenvalue weighted by molar-refractivity contribution is -0.384. The van der Waals surface area contributed by atoms with E-state index in [-0.39, 0.29) is 5.69 Å². The van der Waals surface area contributed by atoms with Gasteiger partial charge in [0.2, 0.25) is 0 Å². The third-order valence-electron chi connectivity index (χ3n) is 3.99. The minimum atomic E-state index is -1.37. The maximum absolute atomic E-state index is 11.4. The van der Waals surface area contributed by atoms with Crippen molar-refractivity contribution in [2.75, 3.05) is 7.11 Å². The van der Waals surface area contributed by atoms with Crippen molar-refractivity contribution in [2.45, 2.75) is 25.4 Å². The molecule has 1 N–H and O–H groups in total. The predicted octanol–water partition coefficient (Wildman–Crippen LogP) is 3.64. The van der Waals surface area contributed by atoms with Crippen LogP contribution >= 0.6 is 11.3 Å². The molecule has 0 spiro atoms. The minimum absolute atomic E-state index is 0.000639. The first-order valence-electron chi connectivity index (χ1n) is 7.76. The topological polar surface area (TPSA) is 98.4 Å². The number of thiazole rings is 1. The van der Waals surface area contributed by atoms with Crippen molar-refractivity contribution in [1.82, 2.24) is 9.97 Å². The van der Waals surface area contributed by atoms with Gasteiger partial charge in [-0.1, -0.05) is 13.3 Å². The first kappa shape index (κ1) is 17.2. The van der Waals surface area contributed by atoms with Crippen LogP contribution in [0.25, 0.3) is 10.2 Å². The normalized spacial score (nSPS) is 13.6. The lowest BCUT2D eigenvalue weighted by Crippen LogP contribution is -2.27. The molecule has 0 aliphatic rings. The van der Waals surface area contributed by atoms with Gasteiger partial charge < -0.3 is 9.84 Å². The van der Waals surface area contributed by atoms with Gasteiger partial charge in [0.25, 0.3) is 5.69 Å². The quantitative estimate of drug-likeness (QED) is 0.533. The van der Waals surface area contributed by atoms with Crippen LogP contribution in [0.3, 0.4) is 0 Å². The molecule has 0 aliphatic heterocycles. The molecule has 0 saturated heterocycles. The molecule has 0 amide bonds. The molecule has 25 heavy (non-hydrogen) atoms. The number of nitro benzene ring substituents is 1. The average molecular weight is 359 g/mol. The van der Waals surface area contributed by atoms with Gasteiger partial charge in [-0.25, -0.2) is 4.98 Å². The summed E-state index contributed by atoms with van der Waals surface area (Å²) in [6, 6.07) is 6.17. The summed E-state index contributed by atoms with van der Waals surface area (Å²) in [5, 5.41) is 22.9. The molecule has 0 saturated carbocycles. The van der Waals surface area contributed by atoms with E-state index in [0.29, 0.717) is 39.4 Å². The number of aliphatic hydroxyl groups is 1.